The first-order valence-corrected chi connectivity index (χ1v) is 9.96. The second-order valence-corrected chi connectivity index (χ2v) is 9.19. The molecule has 0 heterocycles. The highest BCUT2D eigenvalue weighted by Gasteiger charge is 2.13. The molecule has 0 rings (SSSR count). The van der Waals surface area contributed by atoms with E-state index in [4.69, 9.17) is 0 Å². The summed E-state index contributed by atoms with van der Waals surface area (Å²) in [6, 6.07) is 0. The molecule has 0 bridgehead atoms. The summed E-state index contributed by atoms with van der Waals surface area (Å²) in [6.07, 6.45) is 11.3. The van der Waals surface area contributed by atoms with Crippen molar-refractivity contribution in [3.63, 3.8) is 0 Å². The summed E-state index contributed by atoms with van der Waals surface area (Å²) in [4.78, 5) is 0. The van der Waals surface area contributed by atoms with Crippen LogP contribution in [-0.4, -0.2) is 30.7 Å². The predicted molar refractivity (Wildman–Crippen MR) is 77.6 cm³/mol. The van der Waals surface area contributed by atoms with Crippen molar-refractivity contribution in [3.8, 4) is 0 Å². The topological polar surface area (TPSA) is 37.3 Å². The van der Waals surface area contributed by atoms with E-state index in [9.17, 15) is 9.67 Å². The predicted octanol–water partition coefficient (Wildman–Crippen LogP) is 4.50. The summed E-state index contributed by atoms with van der Waals surface area (Å²) >= 11 is 0. The Morgan fingerprint density at radius 3 is 1.88 bits per heavy atom. The summed E-state index contributed by atoms with van der Waals surface area (Å²) in [5.41, 5.74) is 0. The molecule has 0 aliphatic carbocycles. The third-order valence-corrected chi connectivity index (χ3v) is 4.34. The summed E-state index contributed by atoms with van der Waals surface area (Å²) in [6.45, 7) is 5.75. The Kier molecular flexibility index (Phi) is 10.3. The van der Waals surface area contributed by atoms with Crippen LogP contribution in [0.15, 0.2) is 0 Å². The van der Waals surface area contributed by atoms with Gasteiger partial charge < -0.3 is 9.67 Å². The molecule has 0 fully saturated rings. The van der Waals surface area contributed by atoms with Crippen LogP contribution in [-0.2, 0) is 4.57 Å². The van der Waals surface area contributed by atoms with E-state index >= 15 is 0 Å². The monoisotopic (exact) mass is 262 g/mol. The SMILES string of the molecule is CCCCCCCCCCC(O)CP(C)(C)=O. The van der Waals surface area contributed by atoms with Crippen LogP contribution >= 0.6 is 7.14 Å². The average molecular weight is 262 g/mol. The van der Waals surface area contributed by atoms with Gasteiger partial charge in [-0.3, -0.25) is 0 Å². The van der Waals surface area contributed by atoms with Crippen LogP contribution in [0.3, 0.4) is 0 Å². The Balaban J connectivity index is 3.25. The van der Waals surface area contributed by atoms with Crippen molar-refractivity contribution in [1.82, 2.24) is 0 Å². The maximum atomic E-state index is 11.5. The van der Waals surface area contributed by atoms with Crippen LogP contribution in [0.4, 0.5) is 0 Å². The Morgan fingerprint density at radius 1 is 0.941 bits per heavy atom. The average Bonchev–Trinajstić information content (AvgIpc) is 2.19. The highest BCUT2D eigenvalue weighted by molar-refractivity contribution is 7.62. The molecule has 0 saturated carbocycles. The number of aliphatic hydroxyl groups excluding tert-OH is 1. The van der Waals surface area contributed by atoms with Crippen LogP contribution in [0.2, 0.25) is 0 Å². The number of unbranched alkanes of at least 4 members (excludes halogenated alkanes) is 7. The van der Waals surface area contributed by atoms with Gasteiger partial charge in [-0.15, -0.1) is 0 Å². The summed E-state index contributed by atoms with van der Waals surface area (Å²) < 4.78 is 11.5. The lowest BCUT2D eigenvalue weighted by Gasteiger charge is -2.13. The third kappa shape index (κ3) is 14.1. The smallest absolute Gasteiger partial charge is 0.0844 e. The van der Waals surface area contributed by atoms with Crippen LogP contribution in [0.5, 0.6) is 0 Å². The maximum absolute atomic E-state index is 11.5. The number of hydrogen-bond acceptors (Lipinski definition) is 2. The second kappa shape index (κ2) is 10.1. The zero-order valence-corrected chi connectivity index (χ0v) is 12.8. The Bertz CT molecular complexity index is 210. The Labute approximate surface area is 108 Å². The van der Waals surface area contributed by atoms with Crippen molar-refractivity contribution >= 4 is 7.14 Å². The Hall–Kier alpha value is 0.190. The third-order valence-electron chi connectivity index (χ3n) is 3.04. The fraction of sp³-hybridized carbons (Fsp3) is 1.00. The molecule has 0 saturated heterocycles. The van der Waals surface area contributed by atoms with Crippen LogP contribution in [0.1, 0.15) is 64.7 Å². The van der Waals surface area contributed by atoms with E-state index in [1.54, 1.807) is 13.3 Å². The minimum Gasteiger partial charge on any atom is -0.393 e. The highest BCUT2D eigenvalue weighted by Crippen LogP contribution is 2.37. The molecule has 1 N–H and O–H groups in total. The van der Waals surface area contributed by atoms with Gasteiger partial charge in [0.05, 0.1) is 13.2 Å². The molecule has 0 aromatic heterocycles. The van der Waals surface area contributed by atoms with Gasteiger partial charge in [0, 0.05) is 6.16 Å². The standard InChI is InChI=1S/C14H31O2P/c1-4-5-6-7-8-9-10-11-12-14(15)13-17(2,3)16/h14-15H,4-13H2,1-3H3. The fourth-order valence-corrected chi connectivity index (χ4v) is 3.31. The van der Waals surface area contributed by atoms with Gasteiger partial charge >= 0.3 is 0 Å². The quantitative estimate of drug-likeness (QED) is 0.439. The number of hydrogen-bond donors (Lipinski definition) is 1. The zero-order chi connectivity index (χ0) is 13.1. The second-order valence-electron chi connectivity index (χ2n) is 5.67. The molecule has 104 valence electrons. The molecular formula is C14H31O2P. The van der Waals surface area contributed by atoms with E-state index in [0.29, 0.717) is 6.16 Å². The lowest BCUT2D eigenvalue weighted by molar-refractivity contribution is 0.182. The van der Waals surface area contributed by atoms with Gasteiger partial charge in [0.2, 0.25) is 0 Å². The van der Waals surface area contributed by atoms with Gasteiger partial charge in [0.15, 0.2) is 0 Å². The van der Waals surface area contributed by atoms with Crippen molar-refractivity contribution in [3.05, 3.63) is 0 Å². The number of rotatable bonds is 11. The molecular weight excluding hydrogens is 231 g/mol. The molecule has 0 radical (unpaired) electrons. The van der Waals surface area contributed by atoms with Gasteiger partial charge in [-0.1, -0.05) is 58.3 Å². The van der Waals surface area contributed by atoms with Crippen molar-refractivity contribution < 1.29 is 9.67 Å². The van der Waals surface area contributed by atoms with Gasteiger partial charge in [-0.2, -0.15) is 0 Å². The van der Waals surface area contributed by atoms with Crippen LogP contribution in [0, 0.1) is 0 Å². The molecule has 2 nitrogen and oxygen atoms in total. The lowest BCUT2D eigenvalue weighted by atomic mass is 10.1. The molecule has 0 aromatic carbocycles. The molecule has 1 atom stereocenters. The molecule has 0 spiro atoms. The first kappa shape index (κ1) is 17.2. The van der Waals surface area contributed by atoms with Crippen molar-refractivity contribution in [2.75, 3.05) is 19.5 Å². The zero-order valence-electron chi connectivity index (χ0n) is 12.0. The van der Waals surface area contributed by atoms with E-state index in [1.165, 1.54) is 44.9 Å². The molecule has 0 aromatic rings. The van der Waals surface area contributed by atoms with E-state index in [0.717, 1.165) is 12.8 Å². The molecule has 3 heteroatoms. The molecule has 0 aliphatic heterocycles. The Morgan fingerprint density at radius 2 is 1.41 bits per heavy atom. The largest absolute Gasteiger partial charge is 0.393 e. The summed E-state index contributed by atoms with van der Waals surface area (Å²) in [7, 11) is -2.05. The van der Waals surface area contributed by atoms with E-state index in [-0.39, 0.29) is 6.10 Å². The summed E-state index contributed by atoms with van der Waals surface area (Å²) in [5.74, 6) is 0. The van der Waals surface area contributed by atoms with E-state index in [1.807, 2.05) is 0 Å². The van der Waals surface area contributed by atoms with Crippen LogP contribution in [0.25, 0.3) is 0 Å². The van der Waals surface area contributed by atoms with Gasteiger partial charge in [0.1, 0.15) is 0 Å². The van der Waals surface area contributed by atoms with E-state index < -0.39 is 7.14 Å². The summed E-state index contributed by atoms with van der Waals surface area (Å²) in [5, 5.41) is 9.69. The molecule has 1 unspecified atom stereocenters. The van der Waals surface area contributed by atoms with Gasteiger partial charge in [0.25, 0.3) is 0 Å². The van der Waals surface area contributed by atoms with Gasteiger partial charge in [-0.25, -0.2) is 0 Å². The molecule has 17 heavy (non-hydrogen) atoms. The van der Waals surface area contributed by atoms with Crippen molar-refractivity contribution in [2.24, 2.45) is 0 Å². The first-order valence-electron chi connectivity index (χ1n) is 7.18. The maximum Gasteiger partial charge on any atom is 0.0844 e. The van der Waals surface area contributed by atoms with Gasteiger partial charge in [-0.05, 0) is 19.8 Å². The fourth-order valence-electron chi connectivity index (χ4n) is 2.11. The minimum absolute atomic E-state index is 0.351. The minimum atomic E-state index is -2.05. The lowest BCUT2D eigenvalue weighted by Crippen LogP contribution is -2.11. The highest BCUT2D eigenvalue weighted by atomic mass is 31.2. The molecule has 0 amide bonds. The number of aliphatic hydroxyl groups is 1. The van der Waals surface area contributed by atoms with Crippen LogP contribution < -0.4 is 0 Å². The normalized spacial score (nSPS) is 13.9. The first-order chi connectivity index (χ1) is 7.95. The molecule has 0 aliphatic rings. The van der Waals surface area contributed by atoms with Crippen molar-refractivity contribution in [1.29, 1.82) is 0 Å². The van der Waals surface area contributed by atoms with E-state index in [2.05, 4.69) is 6.92 Å². The van der Waals surface area contributed by atoms with Crippen molar-refractivity contribution in [2.45, 2.75) is 70.8 Å².